The Balaban J connectivity index is 0.00000529. The van der Waals surface area contributed by atoms with Crippen molar-refractivity contribution >= 4 is 40.0 Å². The maximum Gasteiger partial charge on any atom is 0.209 e. The second kappa shape index (κ2) is 8.05. The first-order valence-electron chi connectivity index (χ1n) is 7.78. The highest BCUT2D eigenvalue weighted by Gasteiger charge is 2.58. The molecule has 2 unspecified atom stereocenters. The van der Waals surface area contributed by atoms with Crippen LogP contribution in [0.25, 0.3) is 0 Å². The topological polar surface area (TPSA) is 91.8 Å². The van der Waals surface area contributed by atoms with Crippen molar-refractivity contribution in [3.05, 3.63) is 0 Å². The van der Waals surface area contributed by atoms with E-state index >= 15 is 0 Å². The van der Waals surface area contributed by atoms with Crippen LogP contribution in [0, 0.1) is 5.41 Å². The van der Waals surface area contributed by atoms with Gasteiger partial charge in [0.1, 0.15) is 0 Å². The van der Waals surface area contributed by atoms with E-state index in [1.807, 2.05) is 13.8 Å². The smallest absolute Gasteiger partial charge is 0.209 e. The van der Waals surface area contributed by atoms with Crippen molar-refractivity contribution in [3.63, 3.8) is 0 Å². The molecule has 1 fully saturated rings. The molecule has 1 aliphatic carbocycles. The maximum atomic E-state index is 11.4. The van der Waals surface area contributed by atoms with Crippen LogP contribution in [-0.2, 0) is 14.8 Å². The van der Waals surface area contributed by atoms with E-state index in [2.05, 4.69) is 41.1 Å². The summed E-state index contributed by atoms with van der Waals surface area (Å²) in [7, 11) is 0.185. The fourth-order valence-corrected chi connectivity index (χ4v) is 4.00. The van der Waals surface area contributed by atoms with Crippen LogP contribution in [0.15, 0.2) is 4.99 Å². The van der Waals surface area contributed by atoms with Gasteiger partial charge in [-0.1, -0.05) is 13.8 Å². The highest BCUT2D eigenvalue weighted by atomic mass is 127. The number of nitrogens with one attached hydrogen (secondary N) is 3. The molecule has 0 aromatic heterocycles. The van der Waals surface area contributed by atoms with E-state index < -0.39 is 15.6 Å². The third kappa shape index (κ3) is 5.70. The number of guanidine groups is 1. The minimum Gasteiger partial charge on any atom is -0.378 e. The molecular formula is C15H33IN4O3S. The molecular weight excluding hydrogens is 443 g/mol. The summed E-state index contributed by atoms with van der Waals surface area (Å²) in [5, 5.41) is 6.59. The van der Waals surface area contributed by atoms with Crippen molar-refractivity contribution in [3.8, 4) is 0 Å². The van der Waals surface area contributed by atoms with Crippen LogP contribution in [0.4, 0.5) is 0 Å². The van der Waals surface area contributed by atoms with Gasteiger partial charge in [0, 0.05) is 37.7 Å². The third-order valence-electron chi connectivity index (χ3n) is 4.97. The summed E-state index contributed by atoms with van der Waals surface area (Å²) < 4.78 is 31.0. The number of aliphatic imine (C=N–C) groups is 1. The van der Waals surface area contributed by atoms with Gasteiger partial charge >= 0.3 is 0 Å². The van der Waals surface area contributed by atoms with Crippen LogP contribution in [-0.4, -0.2) is 58.5 Å². The maximum absolute atomic E-state index is 11.4. The van der Waals surface area contributed by atoms with Crippen LogP contribution in [0.3, 0.4) is 0 Å². The zero-order valence-corrected chi connectivity index (χ0v) is 19.1. The molecule has 1 rings (SSSR count). The average molecular weight is 476 g/mol. The van der Waals surface area contributed by atoms with Gasteiger partial charge in [-0.2, -0.15) is 0 Å². The first-order chi connectivity index (χ1) is 10.3. The zero-order valence-electron chi connectivity index (χ0n) is 16.0. The van der Waals surface area contributed by atoms with Crippen molar-refractivity contribution < 1.29 is 13.2 Å². The highest BCUT2D eigenvalue weighted by Crippen LogP contribution is 2.51. The zero-order chi connectivity index (χ0) is 18.1. The second-order valence-corrected chi connectivity index (χ2v) is 9.49. The fourth-order valence-electron chi connectivity index (χ4n) is 2.93. The SMILES string of the molecule is CN=C(NCC(C)(C)NS(C)(=O)=O)NC1CC(C)(OC)C1(C)C.I. The van der Waals surface area contributed by atoms with Crippen LogP contribution in [0.2, 0.25) is 0 Å². The Kier molecular flexibility index (Phi) is 8.00. The Hall–Kier alpha value is -0.130. The van der Waals surface area contributed by atoms with Crippen molar-refractivity contribution in [2.24, 2.45) is 10.4 Å². The van der Waals surface area contributed by atoms with Crippen LogP contribution in [0.1, 0.15) is 41.0 Å². The average Bonchev–Trinajstić information content (AvgIpc) is 2.39. The molecule has 144 valence electrons. The van der Waals surface area contributed by atoms with Crippen molar-refractivity contribution in [1.29, 1.82) is 0 Å². The lowest BCUT2D eigenvalue weighted by Gasteiger charge is -2.59. The minimum atomic E-state index is -3.26. The monoisotopic (exact) mass is 476 g/mol. The predicted octanol–water partition coefficient (Wildman–Crippen LogP) is 1.30. The predicted molar refractivity (Wildman–Crippen MR) is 110 cm³/mol. The van der Waals surface area contributed by atoms with E-state index in [4.69, 9.17) is 4.74 Å². The molecule has 0 aliphatic heterocycles. The van der Waals surface area contributed by atoms with Gasteiger partial charge in [0.15, 0.2) is 5.96 Å². The molecule has 0 spiro atoms. The molecule has 0 bridgehead atoms. The summed E-state index contributed by atoms with van der Waals surface area (Å²) in [5.74, 6) is 0.657. The largest absolute Gasteiger partial charge is 0.378 e. The number of hydrogen-bond donors (Lipinski definition) is 3. The highest BCUT2D eigenvalue weighted by molar-refractivity contribution is 14.0. The first kappa shape index (κ1) is 23.9. The number of nitrogens with zero attached hydrogens (tertiary/aromatic N) is 1. The molecule has 0 aromatic carbocycles. The van der Waals surface area contributed by atoms with Crippen LogP contribution >= 0.6 is 24.0 Å². The van der Waals surface area contributed by atoms with Gasteiger partial charge in [-0.15, -0.1) is 24.0 Å². The number of halogens is 1. The summed E-state index contributed by atoms with van der Waals surface area (Å²) in [6, 6.07) is 0.240. The molecule has 24 heavy (non-hydrogen) atoms. The van der Waals surface area contributed by atoms with Gasteiger partial charge in [-0.25, -0.2) is 13.1 Å². The molecule has 2 atom stereocenters. The standard InChI is InChI=1S/C15H32N4O3S.HI/c1-13(2,19-23(8,20)21)10-17-12(16-6)18-11-9-15(5,22-7)14(11,3)4;/h11,19H,9-10H2,1-8H3,(H2,16,17,18);1H. The third-order valence-corrected chi connectivity index (χ3v) is 5.90. The van der Waals surface area contributed by atoms with E-state index in [1.165, 1.54) is 0 Å². The van der Waals surface area contributed by atoms with E-state index in [0.717, 1.165) is 12.7 Å². The first-order valence-corrected chi connectivity index (χ1v) is 9.67. The van der Waals surface area contributed by atoms with Crippen LogP contribution in [0.5, 0.6) is 0 Å². The number of ether oxygens (including phenoxy) is 1. The van der Waals surface area contributed by atoms with Gasteiger partial charge in [0.05, 0.1) is 11.9 Å². The van der Waals surface area contributed by atoms with E-state index in [1.54, 1.807) is 14.2 Å². The Morgan fingerprint density at radius 1 is 1.33 bits per heavy atom. The van der Waals surface area contributed by atoms with Gasteiger partial charge in [0.25, 0.3) is 0 Å². The normalized spacial score (nSPS) is 27.0. The minimum absolute atomic E-state index is 0. The molecule has 0 radical (unpaired) electrons. The molecule has 0 amide bonds. The van der Waals surface area contributed by atoms with E-state index in [0.29, 0.717) is 12.5 Å². The Morgan fingerprint density at radius 2 is 1.88 bits per heavy atom. The van der Waals surface area contributed by atoms with Gasteiger partial charge in [-0.05, 0) is 27.2 Å². The number of rotatable bonds is 6. The second-order valence-electron chi connectivity index (χ2n) is 7.74. The van der Waals surface area contributed by atoms with E-state index in [-0.39, 0.29) is 41.0 Å². The lowest BCUT2D eigenvalue weighted by molar-refractivity contribution is -0.176. The lowest BCUT2D eigenvalue weighted by Crippen LogP contribution is -2.69. The molecule has 9 heteroatoms. The molecule has 0 heterocycles. The molecule has 0 aromatic rings. The van der Waals surface area contributed by atoms with Gasteiger partial charge in [0.2, 0.25) is 10.0 Å². The van der Waals surface area contributed by atoms with Gasteiger partial charge < -0.3 is 15.4 Å². The van der Waals surface area contributed by atoms with Crippen molar-refractivity contribution in [2.75, 3.05) is 27.0 Å². The van der Waals surface area contributed by atoms with Gasteiger partial charge in [-0.3, -0.25) is 4.99 Å². The Bertz CT molecular complexity index is 563. The molecule has 1 saturated carbocycles. The number of methoxy groups -OCH3 is 1. The van der Waals surface area contributed by atoms with E-state index in [9.17, 15) is 8.42 Å². The summed E-state index contributed by atoms with van der Waals surface area (Å²) in [6.45, 7) is 10.5. The van der Waals surface area contributed by atoms with Crippen LogP contribution < -0.4 is 15.4 Å². The summed E-state index contributed by atoms with van der Waals surface area (Å²) in [6.07, 6.45) is 2.05. The number of hydrogen-bond acceptors (Lipinski definition) is 4. The lowest BCUT2D eigenvalue weighted by atomic mass is 9.56. The molecule has 1 aliphatic rings. The fraction of sp³-hybridized carbons (Fsp3) is 0.933. The summed E-state index contributed by atoms with van der Waals surface area (Å²) in [4.78, 5) is 4.22. The Morgan fingerprint density at radius 3 is 2.25 bits per heavy atom. The number of sulfonamides is 1. The summed E-state index contributed by atoms with van der Waals surface area (Å²) >= 11 is 0. The molecule has 0 saturated heterocycles. The quantitative estimate of drug-likeness (QED) is 0.306. The molecule has 3 N–H and O–H groups in total. The molecule has 7 nitrogen and oxygen atoms in total. The summed E-state index contributed by atoms with van der Waals surface area (Å²) in [5.41, 5.74) is -0.790. The van der Waals surface area contributed by atoms with Crippen molar-refractivity contribution in [2.45, 2.75) is 58.2 Å². The Labute approximate surface area is 163 Å². The van der Waals surface area contributed by atoms with Crippen molar-refractivity contribution in [1.82, 2.24) is 15.4 Å².